The van der Waals surface area contributed by atoms with Crippen LogP contribution in [0.4, 0.5) is 0 Å². The van der Waals surface area contributed by atoms with Crippen LogP contribution in [-0.2, 0) is 4.79 Å². The van der Waals surface area contributed by atoms with Crippen molar-refractivity contribution in [1.82, 2.24) is 5.01 Å². The Hall–Kier alpha value is -3.59. The average Bonchev–Trinajstić information content (AvgIpc) is 3.23. The molecule has 2 aromatic carbocycles. The minimum atomic E-state index is -0.453. The van der Waals surface area contributed by atoms with Gasteiger partial charge in [0.1, 0.15) is 24.0 Å². The van der Waals surface area contributed by atoms with Crippen LogP contribution in [0.5, 0.6) is 17.2 Å². The number of rotatable bonds is 10. The molecule has 0 radical (unpaired) electrons. The smallest absolute Gasteiger partial charge is 0.283 e. The first-order valence-electron chi connectivity index (χ1n) is 11.9. The molecule has 0 atom stereocenters. The molecular weight excluding hydrogens is 476 g/mol. The first kappa shape index (κ1) is 25.5. The van der Waals surface area contributed by atoms with Gasteiger partial charge in [-0.3, -0.25) is 10.2 Å². The Morgan fingerprint density at radius 2 is 1.81 bits per heavy atom. The van der Waals surface area contributed by atoms with E-state index in [1.165, 1.54) is 22.3 Å². The van der Waals surface area contributed by atoms with Crippen LogP contribution in [0.2, 0.25) is 0 Å². The van der Waals surface area contributed by atoms with Gasteiger partial charge in [-0.05, 0) is 67.4 Å². The van der Waals surface area contributed by atoms with E-state index in [0.29, 0.717) is 48.0 Å². The van der Waals surface area contributed by atoms with Crippen LogP contribution in [0.1, 0.15) is 38.3 Å². The fourth-order valence-electron chi connectivity index (χ4n) is 3.58. The summed E-state index contributed by atoms with van der Waals surface area (Å²) < 4.78 is 17.4. The van der Waals surface area contributed by atoms with E-state index in [2.05, 4.69) is 23.9 Å². The molecule has 188 valence electrons. The standard InChI is InChI=1S/C27H30N4O4S/c1-5-33-23-16-19(8-11-22(23)35-13-12-34-20-9-6-18(4)7-10-20)15-21-25(28)31-27(29-26(21)32)36-24(30-31)14-17(2)3/h6-11,15-17,28H,5,12-14H2,1-4H3/b21-15-,28-25?. The molecule has 1 amide bonds. The maximum absolute atomic E-state index is 12.7. The zero-order chi connectivity index (χ0) is 25.7. The number of benzene rings is 2. The van der Waals surface area contributed by atoms with Crippen molar-refractivity contribution in [3.63, 3.8) is 0 Å². The maximum atomic E-state index is 12.7. The Kier molecular flexibility index (Phi) is 8.10. The molecule has 0 spiro atoms. The van der Waals surface area contributed by atoms with Crippen LogP contribution in [0.25, 0.3) is 6.08 Å². The predicted octanol–water partition coefficient (Wildman–Crippen LogP) is 5.52. The molecule has 1 N–H and O–H groups in total. The Balaban J connectivity index is 1.45. The molecular formula is C27H30N4O4S. The van der Waals surface area contributed by atoms with Gasteiger partial charge in [0.15, 0.2) is 17.3 Å². The number of hydrogen-bond acceptors (Lipinski definition) is 7. The number of amidine groups is 2. The van der Waals surface area contributed by atoms with Gasteiger partial charge in [-0.1, -0.05) is 37.6 Å². The molecule has 0 fully saturated rings. The molecule has 9 heteroatoms. The molecule has 0 bridgehead atoms. The second kappa shape index (κ2) is 11.4. The summed E-state index contributed by atoms with van der Waals surface area (Å²) in [4.78, 5) is 16.9. The second-order valence-corrected chi connectivity index (χ2v) is 9.80. The van der Waals surface area contributed by atoms with Gasteiger partial charge in [-0.25, -0.2) is 0 Å². The van der Waals surface area contributed by atoms with Gasteiger partial charge in [0, 0.05) is 6.42 Å². The van der Waals surface area contributed by atoms with E-state index >= 15 is 0 Å². The number of nitrogens with one attached hydrogen (secondary N) is 1. The summed E-state index contributed by atoms with van der Waals surface area (Å²) in [6, 6.07) is 13.3. The SMILES string of the molecule is CCOc1cc(/C=C2/C(=N)N3N=C(CC(C)C)SC3=NC2=O)ccc1OCCOc1ccc(C)cc1. The van der Waals surface area contributed by atoms with E-state index in [0.717, 1.165) is 17.2 Å². The van der Waals surface area contributed by atoms with Crippen molar-refractivity contribution in [2.75, 3.05) is 19.8 Å². The lowest BCUT2D eigenvalue weighted by Crippen LogP contribution is -2.35. The number of hydrazone groups is 1. The number of aliphatic imine (C=N–C) groups is 1. The zero-order valence-electron chi connectivity index (χ0n) is 20.9. The summed E-state index contributed by atoms with van der Waals surface area (Å²) in [5.41, 5.74) is 2.05. The Morgan fingerprint density at radius 1 is 1.06 bits per heavy atom. The van der Waals surface area contributed by atoms with Crippen LogP contribution in [0, 0.1) is 18.3 Å². The molecule has 2 heterocycles. The van der Waals surface area contributed by atoms with E-state index in [1.54, 1.807) is 18.2 Å². The highest BCUT2D eigenvalue weighted by molar-refractivity contribution is 8.26. The molecule has 2 aliphatic rings. The van der Waals surface area contributed by atoms with E-state index in [9.17, 15) is 4.79 Å². The lowest BCUT2D eigenvalue weighted by Gasteiger charge is -2.20. The number of nitrogens with zero attached hydrogens (tertiary/aromatic N) is 3. The number of thioether (sulfide) groups is 1. The lowest BCUT2D eigenvalue weighted by molar-refractivity contribution is -0.114. The van der Waals surface area contributed by atoms with Crippen molar-refractivity contribution in [3.05, 3.63) is 59.2 Å². The molecule has 0 saturated carbocycles. The van der Waals surface area contributed by atoms with Gasteiger partial charge in [-0.2, -0.15) is 15.1 Å². The van der Waals surface area contributed by atoms with E-state index in [4.69, 9.17) is 19.6 Å². The molecule has 0 aliphatic carbocycles. The Labute approximate surface area is 215 Å². The third-order valence-corrected chi connectivity index (χ3v) is 6.22. The maximum Gasteiger partial charge on any atom is 0.283 e. The van der Waals surface area contributed by atoms with Crippen LogP contribution in [-0.4, -0.2) is 46.8 Å². The molecule has 36 heavy (non-hydrogen) atoms. The van der Waals surface area contributed by atoms with Gasteiger partial charge in [-0.15, -0.1) is 0 Å². The number of carbonyl (C=O) groups is 1. The van der Waals surface area contributed by atoms with Crippen molar-refractivity contribution in [2.24, 2.45) is 16.0 Å². The zero-order valence-corrected chi connectivity index (χ0v) is 21.7. The minimum Gasteiger partial charge on any atom is -0.490 e. The van der Waals surface area contributed by atoms with Crippen LogP contribution in [0.15, 0.2) is 58.1 Å². The monoisotopic (exact) mass is 506 g/mol. The largest absolute Gasteiger partial charge is 0.490 e. The summed E-state index contributed by atoms with van der Waals surface area (Å²) >= 11 is 1.35. The molecule has 2 aromatic rings. The van der Waals surface area contributed by atoms with Crippen molar-refractivity contribution in [2.45, 2.75) is 34.1 Å². The number of hydrogen-bond donors (Lipinski definition) is 1. The van der Waals surface area contributed by atoms with E-state index in [-0.39, 0.29) is 11.4 Å². The van der Waals surface area contributed by atoms with Gasteiger partial charge in [0.25, 0.3) is 5.91 Å². The Bertz CT molecular complexity index is 1230. The predicted molar refractivity (Wildman–Crippen MR) is 144 cm³/mol. The van der Waals surface area contributed by atoms with Gasteiger partial charge >= 0.3 is 0 Å². The summed E-state index contributed by atoms with van der Waals surface area (Å²) in [6.07, 6.45) is 2.41. The third kappa shape index (κ3) is 6.15. The number of amides is 1. The van der Waals surface area contributed by atoms with E-state index in [1.807, 2.05) is 44.2 Å². The minimum absolute atomic E-state index is 0.0165. The Morgan fingerprint density at radius 3 is 2.53 bits per heavy atom. The molecule has 2 aliphatic heterocycles. The van der Waals surface area contributed by atoms with Crippen molar-refractivity contribution in [1.29, 1.82) is 5.41 Å². The highest BCUT2D eigenvalue weighted by Gasteiger charge is 2.35. The summed E-state index contributed by atoms with van der Waals surface area (Å²) in [7, 11) is 0. The third-order valence-electron chi connectivity index (χ3n) is 5.29. The molecule has 0 unspecified atom stereocenters. The number of fused-ring (bicyclic) bond motifs is 1. The van der Waals surface area contributed by atoms with Gasteiger partial charge in [0.2, 0.25) is 5.17 Å². The van der Waals surface area contributed by atoms with Crippen molar-refractivity contribution < 1.29 is 19.0 Å². The fraction of sp³-hybridized carbons (Fsp3) is 0.333. The molecule has 4 rings (SSSR count). The van der Waals surface area contributed by atoms with Crippen LogP contribution >= 0.6 is 11.8 Å². The normalized spacial score (nSPS) is 16.2. The summed E-state index contributed by atoms with van der Waals surface area (Å²) in [5.74, 6) is 1.91. The first-order valence-corrected chi connectivity index (χ1v) is 12.7. The van der Waals surface area contributed by atoms with Crippen molar-refractivity contribution in [3.8, 4) is 17.2 Å². The topological polar surface area (TPSA) is 96.6 Å². The summed E-state index contributed by atoms with van der Waals surface area (Å²) in [6.45, 7) is 9.32. The lowest BCUT2D eigenvalue weighted by atomic mass is 10.1. The second-order valence-electron chi connectivity index (χ2n) is 8.76. The molecule has 0 aromatic heterocycles. The molecule has 8 nitrogen and oxygen atoms in total. The van der Waals surface area contributed by atoms with Crippen LogP contribution < -0.4 is 14.2 Å². The average molecular weight is 507 g/mol. The number of ether oxygens (including phenoxy) is 3. The highest BCUT2D eigenvalue weighted by atomic mass is 32.2. The molecule has 0 saturated heterocycles. The first-order chi connectivity index (χ1) is 17.3. The fourth-order valence-corrected chi connectivity index (χ4v) is 4.67. The van der Waals surface area contributed by atoms with Crippen molar-refractivity contribution >= 4 is 39.8 Å². The quantitative estimate of drug-likeness (QED) is 0.337. The summed E-state index contributed by atoms with van der Waals surface area (Å²) in [5, 5.41) is 15.8. The van der Waals surface area contributed by atoms with Gasteiger partial charge in [0.05, 0.1) is 12.2 Å². The van der Waals surface area contributed by atoms with Gasteiger partial charge < -0.3 is 14.2 Å². The highest BCUT2D eigenvalue weighted by Crippen LogP contribution is 2.32. The number of aryl methyl sites for hydroxylation is 1. The number of carbonyl (C=O) groups excluding carboxylic acids is 1. The van der Waals surface area contributed by atoms with E-state index < -0.39 is 5.91 Å². The van der Waals surface area contributed by atoms with Crippen LogP contribution in [0.3, 0.4) is 0 Å².